The summed E-state index contributed by atoms with van der Waals surface area (Å²) in [5.74, 6) is -0.505. The fraction of sp³-hybridized carbons (Fsp3) is 0.208. The van der Waals surface area contributed by atoms with Gasteiger partial charge in [0.2, 0.25) is 0 Å². The van der Waals surface area contributed by atoms with Crippen LogP contribution in [0.25, 0.3) is 11.6 Å². The number of amides is 1. The molecule has 0 unspecified atom stereocenters. The summed E-state index contributed by atoms with van der Waals surface area (Å²) in [6.45, 7) is 0.623. The molecule has 0 spiro atoms. The molecular weight excluding hydrogens is 380 g/mol. The molecule has 6 heteroatoms. The molecular formula is C24H22N2O4. The lowest BCUT2D eigenvalue weighted by atomic mass is 10.00. The van der Waals surface area contributed by atoms with Gasteiger partial charge in [0.05, 0.1) is 7.11 Å². The number of hydrogen-bond donors (Lipinski definition) is 0. The predicted octanol–water partition coefficient (Wildman–Crippen LogP) is 3.46. The Bertz CT molecular complexity index is 1020. The largest absolute Gasteiger partial charge is 0.497 e. The van der Waals surface area contributed by atoms with E-state index in [2.05, 4.69) is 0 Å². The van der Waals surface area contributed by atoms with Gasteiger partial charge in [-0.1, -0.05) is 48.5 Å². The smallest absolute Gasteiger partial charge is 0.349 e. The van der Waals surface area contributed by atoms with Crippen molar-refractivity contribution in [2.45, 2.75) is 6.42 Å². The van der Waals surface area contributed by atoms with E-state index in [0.717, 1.165) is 12.0 Å². The number of carbonyl (C=O) groups excluding carboxylic acids is 2. The summed E-state index contributed by atoms with van der Waals surface area (Å²) >= 11 is 0. The zero-order valence-corrected chi connectivity index (χ0v) is 16.7. The van der Waals surface area contributed by atoms with Gasteiger partial charge in [-0.2, -0.15) is 5.26 Å². The molecule has 0 saturated carbocycles. The molecule has 0 bridgehead atoms. The maximum Gasteiger partial charge on any atom is 0.349 e. The zero-order valence-electron chi connectivity index (χ0n) is 16.7. The zero-order chi connectivity index (χ0) is 21.3. The first-order valence-electron chi connectivity index (χ1n) is 9.56. The third-order valence-corrected chi connectivity index (χ3v) is 4.78. The Labute approximate surface area is 175 Å². The average molecular weight is 402 g/mol. The second-order valence-electron chi connectivity index (χ2n) is 6.71. The second kappa shape index (κ2) is 10.1. The molecule has 0 radical (unpaired) electrons. The van der Waals surface area contributed by atoms with E-state index in [0.29, 0.717) is 24.4 Å². The van der Waals surface area contributed by atoms with Crippen LogP contribution in [0.1, 0.15) is 17.5 Å². The third kappa shape index (κ3) is 5.36. The molecule has 1 aliphatic heterocycles. The number of carbonyl (C=O) groups is 2. The van der Waals surface area contributed by atoms with Crippen LogP contribution >= 0.6 is 0 Å². The second-order valence-corrected chi connectivity index (χ2v) is 6.71. The summed E-state index contributed by atoms with van der Waals surface area (Å²) in [5, 5.41) is 9.28. The average Bonchev–Trinajstić information content (AvgIpc) is 2.81. The lowest BCUT2D eigenvalue weighted by Crippen LogP contribution is -2.37. The molecule has 152 valence electrons. The number of hydrogen-bond acceptors (Lipinski definition) is 5. The summed E-state index contributed by atoms with van der Waals surface area (Å²) in [4.78, 5) is 26.3. The number of benzene rings is 2. The van der Waals surface area contributed by atoms with Gasteiger partial charge in [-0.25, -0.2) is 4.79 Å². The Morgan fingerprint density at radius 3 is 2.63 bits per heavy atom. The quantitative estimate of drug-likeness (QED) is 0.420. The van der Waals surface area contributed by atoms with Crippen molar-refractivity contribution in [2.75, 3.05) is 26.8 Å². The normalized spacial score (nSPS) is 13.8. The van der Waals surface area contributed by atoms with Crippen molar-refractivity contribution in [3.05, 3.63) is 77.4 Å². The monoisotopic (exact) mass is 402 g/mol. The van der Waals surface area contributed by atoms with Crippen LogP contribution in [0.15, 0.2) is 66.2 Å². The van der Waals surface area contributed by atoms with Crippen LogP contribution in [0.3, 0.4) is 0 Å². The number of ether oxygens (including phenoxy) is 2. The molecule has 0 fully saturated rings. The molecule has 1 aliphatic rings. The first-order chi connectivity index (χ1) is 14.6. The number of rotatable bonds is 6. The molecule has 0 aliphatic carbocycles. The Balaban J connectivity index is 1.56. The molecule has 0 atom stereocenters. The van der Waals surface area contributed by atoms with E-state index in [-0.39, 0.29) is 11.5 Å². The van der Waals surface area contributed by atoms with Crippen LogP contribution in [-0.4, -0.2) is 43.6 Å². The SMILES string of the molecule is COc1cccc(/C=C(\C#N)C(=O)OCC(=O)N2CC=C(c3ccccc3)CC2)c1. The maximum absolute atomic E-state index is 12.4. The molecule has 30 heavy (non-hydrogen) atoms. The van der Waals surface area contributed by atoms with E-state index in [9.17, 15) is 14.9 Å². The van der Waals surface area contributed by atoms with E-state index in [4.69, 9.17) is 9.47 Å². The van der Waals surface area contributed by atoms with Crippen LogP contribution in [0.4, 0.5) is 0 Å². The number of nitriles is 1. The number of methoxy groups -OCH3 is 1. The fourth-order valence-corrected chi connectivity index (χ4v) is 3.14. The molecule has 2 aromatic carbocycles. The van der Waals surface area contributed by atoms with Crippen molar-refractivity contribution in [3.63, 3.8) is 0 Å². The van der Waals surface area contributed by atoms with Gasteiger partial charge in [0, 0.05) is 13.1 Å². The van der Waals surface area contributed by atoms with E-state index >= 15 is 0 Å². The van der Waals surface area contributed by atoms with Crippen molar-refractivity contribution in [2.24, 2.45) is 0 Å². The summed E-state index contributed by atoms with van der Waals surface area (Å²) in [7, 11) is 1.53. The number of nitrogens with zero attached hydrogens (tertiary/aromatic N) is 2. The summed E-state index contributed by atoms with van der Waals surface area (Å²) < 4.78 is 10.2. The van der Waals surface area contributed by atoms with E-state index in [1.807, 2.05) is 42.5 Å². The molecule has 0 saturated heterocycles. The van der Waals surface area contributed by atoms with E-state index < -0.39 is 12.6 Å². The Morgan fingerprint density at radius 1 is 1.17 bits per heavy atom. The molecule has 0 aromatic heterocycles. The van der Waals surface area contributed by atoms with Crippen LogP contribution in [-0.2, 0) is 14.3 Å². The minimum Gasteiger partial charge on any atom is -0.497 e. The molecule has 6 nitrogen and oxygen atoms in total. The van der Waals surface area contributed by atoms with Crippen LogP contribution in [0, 0.1) is 11.3 Å². The van der Waals surface area contributed by atoms with Gasteiger partial charge in [-0.3, -0.25) is 4.79 Å². The van der Waals surface area contributed by atoms with Crippen molar-refractivity contribution in [1.29, 1.82) is 5.26 Å². The highest BCUT2D eigenvalue weighted by Crippen LogP contribution is 2.22. The van der Waals surface area contributed by atoms with Crippen LogP contribution in [0.2, 0.25) is 0 Å². The van der Waals surface area contributed by atoms with Gasteiger partial charge in [0.25, 0.3) is 5.91 Å². The summed E-state index contributed by atoms with van der Waals surface area (Å²) in [6.07, 6.45) is 4.16. The molecule has 3 rings (SSSR count). The van der Waals surface area contributed by atoms with E-state index in [1.54, 1.807) is 29.2 Å². The molecule has 0 N–H and O–H groups in total. The number of esters is 1. The fourth-order valence-electron chi connectivity index (χ4n) is 3.14. The topological polar surface area (TPSA) is 79.6 Å². The highest BCUT2D eigenvalue weighted by molar-refractivity contribution is 5.98. The Morgan fingerprint density at radius 2 is 1.97 bits per heavy atom. The minimum absolute atomic E-state index is 0.180. The van der Waals surface area contributed by atoms with E-state index in [1.165, 1.54) is 18.8 Å². The molecule has 1 amide bonds. The van der Waals surface area contributed by atoms with Crippen LogP contribution < -0.4 is 4.74 Å². The minimum atomic E-state index is -0.828. The lowest BCUT2D eigenvalue weighted by Gasteiger charge is -2.26. The highest BCUT2D eigenvalue weighted by atomic mass is 16.5. The van der Waals surface area contributed by atoms with Crippen molar-refractivity contribution < 1.29 is 19.1 Å². The van der Waals surface area contributed by atoms with Crippen molar-refractivity contribution >= 4 is 23.5 Å². The maximum atomic E-state index is 12.4. The predicted molar refractivity (Wildman–Crippen MR) is 113 cm³/mol. The van der Waals surface area contributed by atoms with Gasteiger partial charge in [-0.05, 0) is 41.3 Å². The summed E-state index contributed by atoms with van der Waals surface area (Å²) in [6, 6.07) is 18.8. The van der Waals surface area contributed by atoms with Crippen molar-refractivity contribution in [1.82, 2.24) is 4.90 Å². The summed E-state index contributed by atoms with van der Waals surface area (Å²) in [5.41, 5.74) is 2.80. The van der Waals surface area contributed by atoms with Gasteiger partial charge in [0.15, 0.2) is 6.61 Å². The Hall–Kier alpha value is -3.85. The molecule has 1 heterocycles. The van der Waals surface area contributed by atoms with Gasteiger partial charge in [-0.15, -0.1) is 0 Å². The van der Waals surface area contributed by atoms with Gasteiger partial charge < -0.3 is 14.4 Å². The van der Waals surface area contributed by atoms with Crippen LogP contribution in [0.5, 0.6) is 5.75 Å². The first kappa shape index (κ1) is 20.9. The van der Waals surface area contributed by atoms with Gasteiger partial charge >= 0.3 is 5.97 Å². The van der Waals surface area contributed by atoms with Crippen molar-refractivity contribution in [3.8, 4) is 11.8 Å². The highest BCUT2D eigenvalue weighted by Gasteiger charge is 2.20. The molecule has 2 aromatic rings. The first-order valence-corrected chi connectivity index (χ1v) is 9.56. The standard InChI is InChI=1S/C24H22N2O4/c1-29-22-9-5-6-18(15-22)14-21(16-25)24(28)30-17-23(27)26-12-10-20(11-13-26)19-7-3-2-4-8-19/h2-10,14-15H,11-13,17H2,1H3/b21-14+. The van der Waals surface area contributed by atoms with Gasteiger partial charge in [0.1, 0.15) is 17.4 Å². The Kier molecular flexibility index (Phi) is 7.01. The lowest BCUT2D eigenvalue weighted by molar-refractivity contribution is -0.148. The third-order valence-electron chi connectivity index (χ3n) is 4.78.